The lowest BCUT2D eigenvalue weighted by Gasteiger charge is -2.26. The Morgan fingerprint density at radius 2 is 2.47 bits per heavy atom. The molecule has 0 amide bonds. The molecule has 1 saturated heterocycles. The molecule has 0 aromatic carbocycles. The molecular formula is C12H19NO2. The van der Waals surface area contributed by atoms with Gasteiger partial charge in [0.2, 0.25) is 0 Å². The normalized spacial score (nSPS) is 25.9. The summed E-state index contributed by atoms with van der Waals surface area (Å²) in [6.45, 7) is 5.90. The first-order valence-electron chi connectivity index (χ1n) is 5.65. The molecule has 0 radical (unpaired) electrons. The monoisotopic (exact) mass is 209 g/mol. The molecule has 0 bridgehead atoms. The average molecular weight is 209 g/mol. The summed E-state index contributed by atoms with van der Waals surface area (Å²) in [6, 6.07) is 4.00. The van der Waals surface area contributed by atoms with E-state index < -0.39 is 0 Å². The molecule has 1 N–H and O–H groups in total. The summed E-state index contributed by atoms with van der Waals surface area (Å²) in [6.07, 6.45) is 3.85. The van der Waals surface area contributed by atoms with Crippen molar-refractivity contribution in [2.75, 3.05) is 26.3 Å². The first kappa shape index (κ1) is 10.7. The first-order valence-corrected chi connectivity index (χ1v) is 5.65. The molecule has 0 spiro atoms. The van der Waals surface area contributed by atoms with Gasteiger partial charge in [0, 0.05) is 25.0 Å². The van der Waals surface area contributed by atoms with E-state index in [1.165, 1.54) is 0 Å². The third-order valence-electron chi connectivity index (χ3n) is 3.06. The van der Waals surface area contributed by atoms with E-state index >= 15 is 0 Å². The zero-order chi connectivity index (χ0) is 10.6. The molecule has 1 atom stereocenters. The molecule has 3 heteroatoms. The van der Waals surface area contributed by atoms with E-state index in [1.54, 1.807) is 6.26 Å². The Hall–Kier alpha value is -0.800. The molecule has 2 heterocycles. The Bertz CT molecular complexity index is 276. The van der Waals surface area contributed by atoms with Crippen molar-refractivity contribution in [1.29, 1.82) is 0 Å². The molecule has 0 saturated carbocycles. The molecular weight excluding hydrogens is 190 g/mol. The van der Waals surface area contributed by atoms with Gasteiger partial charge in [0.15, 0.2) is 0 Å². The minimum absolute atomic E-state index is 0.244. The Morgan fingerprint density at radius 1 is 1.53 bits per heavy atom. The van der Waals surface area contributed by atoms with Crippen molar-refractivity contribution in [3.8, 4) is 0 Å². The van der Waals surface area contributed by atoms with Gasteiger partial charge in [-0.3, -0.25) is 0 Å². The molecule has 15 heavy (non-hydrogen) atoms. The summed E-state index contributed by atoms with van der Waals surface area (Å²) >= 11 is 0. The highest BCUT2D eigenvalue weighted by Crippen LogP contribution is 2.32. The smallest absolute Gasteiger partial charge is 0.104 e. The van der Waals surface area contributed by atoms with Crippen molar-refractivity contribution in [2.45, 2.75) is 19.8 Å². The van der Waals surface area contributed by atoms with Crippen molar-refractivity contribution < 1.29 is 9.15 Å². The van der Waals surface area contributed by atoms with Crippen LogP contribution in [0.15, 0.2) is 22.8 Å². The first-order chi connectivity index (χ1) is 7.35. The molecule has 84 valence electrons. The molecule has 1 unspecified atom stereocenters. The van der Waals surface area contributed by atoms with Crippen LogP contribution < -0.4 is 5.32 Å². The predicted octanol–water partition coefficient (Wildman–Crippen LogP) is 1.84. The topological polar surface area (TPSA) is 34.4 Å². The van der Waals surface area contributed by atoms with Crippen LogP contribution in [0.3, 0.4) is 0 Å². The lowest BCUT2D eigenvalue weighted by molar-refractivity contribution is 0.146. The van der Waals surface area contributed by atoms with Crippen molar-refractivity contribution in [3.63, 3.8) is 0 Å². The van der Waals surface area contributed by atoms with Gasteiger partial charge in [-0.25, -0.2) is 0 Å². The van der Waals surface area contributed by atoms with Gasteiger partial charge in [0.1, 0.15) is 5.76 Å². The van der Waals surface area contributed by atoms with Gasteiger partial charge in [-0.05, 0) is 25.1 Å². The van der Waals surface area contributed by atoms with Gasteiger partial charge in [0.05, 0.1) is 12.9 Å². The number of hydrogen-bond acceptors (Lipinski definition) is 3. The molecule has 1 aromatic rings. The van der Waals surface area contributed by atoms with Gasteiger partial charge in [-0.2, -0.15) is 0 Å². The Kier molecular flexibility index (Phi) is 3.44. The number of nitrogens with one attached hydrogen (secondary N) is 1. The standard InChI is InChI=1S/C12H19NO2/c1-2-13-9-12(5-7-14-10-12)8-11-4-3-6-15-11/h3-4,6,13H,2,5,7-10H2,1H3. The lowest BCUT2D eigenvalue weighted by atomic mass is 9.82. The summed E-state index contributed by atoms with van der Waals surface area (Å²) < 4.78 is 10.9. The van der Waals surface area contributed by atoms with E-state index in [0.717, 1.165) is 44.9 Å². The van der Waals surface area contributed by atoms with Gasteiger partial charge in [0.25, 0.3) is 0 Å². The van der Waals surface area contributed by atoms with Crippen molar-refractivity contribution in [2.24, 2.45) is 5.41 Å². The van der Waals surface area contributed by atoms with E-state index in [-0.39, 0.29) is 5.41 Å². The van der Waals surface area contributed by atoms with Gasteiger partial charge in [-0.15, -0.1) is 0 Å². The van der Waals surface area contributed by atoms with E-state index in [0.29, 0.717) is 0 Å². The van der Waals surface area contributed by atoms with Crippen LogP contribution in [0.1, 0.15) is 19.1 Å². The number of rotatable bonds is 5. The highest BCUT2D eigenvalue weighted by atomic mass is 16.5. The molecule has 3 nitrogen and oxygen atoms in total. The van der Waals surface area contributed by atoms with Gasteiger partial charge >= 0.3 is 0 Å². The molecule has 0 aliphatic carbocycles. The number of ether oxygens (including phenoxy) is 1. The Labute approximate surface area is 90.8 Å². The van der Waals surface area contributed by atoms with Crippen LogP contribution >= 0.6 is 0 Å². The fraction of sp³-hybridized carbons (Fsp3) is 0.667. The fourth-order valence-corrected chi connectivity index (χ4v) is 2.16. The van der Waals surface area contributed by atoms with E-state index in [2.05, 4.69) is 12.2 Å². The van der Waals surface area contributed by atoms with Crippen LogP contribution in [0.2, 0.25) is 0 Å². The number of hydrogen-bond donors (Lipinski definition) is 1. The van der Waals surface area contributed by atoms with E-state index in [1.807, 2.05) is 12.1 Å². The molecule has 2 rings (SSSR count). The largest absolute Gasteiger partial charge is 0.469 e. The second-order valence-corrected chi connectivity index (χ2v) is 4.34. The molecule has 1 aromatic heterocycles. The highest BCUT2D eigenvalue weighted by Gasteiger charge is 2.35. The molecule has 1 fully saturated rings. The predicted molar refractivity (Wildman–Crippen MR) is 58.8 cm³/mol. The Morgan fingerprint density at radius 3 is 3.07 bits per heavy atom. The van der Waals surface area contributed by atoms with Crippen LogP contribution in [-0.2, 0) is 11.2 Å². The van der Waals surface area contributed by atoms with Crippen molar-refractivity contribution >= 4 is 0 Å². The summed E-state index contributed by atoms with van der Waals surface area (Å²) in [5, 5.41) is 3.42. The van der Waals surface area contributed by atoms with Crippen molar-refractivity contribution in [1.82, 2.24) is 5.32 Å². The van der Waals surface area contributed by atoms with Crippen LogP contribution in [0.5, 0.6) is 0 Å². The van der Waals surface area contributed by atoms with Crippen LogP contribution in [-0.4, -0.2) is 26.3 Å². The summed E-state index contributed by atoms with van der Waals surface area (Å²) in [4.78, 5) is 0. The maximum Gasteiger partial charge on any atom is 0.104 e. The van der Waals surface area contributed by atoms with Gasteiger partial charge < -0.3 is 14.5 Å². The highest BCUT2D eigenvalue weighted by molar-refractivity contribution is 5.04. The van der Waals surface area contributed by atoms with Gasteiger partial charge in [-0.1, -0.05) is 6.92 Å². The SMILES string of the molecule is CCNCC1(Cc2ccco2)CCOC1. The van der Waals surface area contributed by atoms with E-state index in [4.69, 9.17) is 9.15 Å². The summed E-state index contributed by atoms with van der Waals surface area (Å²) in [7, 11) is 0. The minimum Gasteiger partial charge on any atom is -0.469 e. The van der Waals surface area contributed by atoms with E-state index in [9.17, 15) is 0 Å². The maximum atomic E-state index is 5.52. The zero-order valence-corrected chi connectivity index (χ0v) is 9.29. The zero-order valence-electron chi connectivity index (χ0n) is 9.29. The Balaban J connectivity index is 1.99. The van der Waals surface area contributed by atoms with Crippen molar-refractivity contribution in [3.05, 3.63) is 24.2 Å². The summed E-state index contributed by atoms with van der Waals surface area (Å²) in [5.41, 5.74) is 0.244. The fourth-order valence-electron chi connectivity index (χ4n) is 2.16. The summed E-state index contributed by atoms with van der Waals surface area (Å²) in [5.74, 6) is 1.07. The number of furan rings is 1. The van der Waals surface area contributed by atoms with Crippen LogP contribution in [0.25, 0.3) is 0 Å². The maximum absolute atomic E-state index is 5.52. The average Bonchev–Trinajstić information content (AvgIpc) is 2.88. The minimum atomic E-state index is 0.244. The quantitative estimate of drug-likeness (QED) is 0.803. The second-order valence-electron chi connectivity index (χ2n) is 4.34. The third kappa shape index (κ3) is 2.61. The lowest BCUT2D eigenvalue weighted by Crippen LogP contribution is -2.36. The second kappa shape index (κ2) is 4.81. The van der Waals surface area contributed by atoms with Crippen LogP contribution in [0, 0.1) is 5.41 Å². The van der Waals surface area contributed by atoms with Crippen LogP contribution in [0.4, 0.5) is 0 Å². The molecule has 1 aliphatic heterocycles. The molecule has 1 aliphatic rings. The third-order valence-corrected chi connectivity index (χ3v) is 3.06.